The summed E-state index contributed by atoms with van der Waals surface area (Å²) in [5.74, 6) is 0.310. The zero-order valence-electron chi connectivity index (χ0n) is 19.2. The Labute approximate surface area is 207 Å². The summed E-state index contributed by atoms with van der Waals surface area (Å²) in [6, 6.07) is 15.5. The number of thiophene rings is 1. The highest BCUT2D eigenvalue weighted by Crippen LogP contribution is 2.33. The molecule has 2 heterocycles. The van der Waals surface area contributed by atoms with E-state index >= 15 is 0 Å². The summed E-state index contributed by atoms with van der Waals surface area (Å²) < 4.78 is 6.86. The molecule has 2 aromatic heterocycles. The first-order chi connectivity index (χ1) is 16.5. The molecule has 5 nitrogen and oxygen atoms in total. The molecular formula is C27H26N2O3S2. The Balaban J connectivity index is 1.61. The maximum Gasteiger partial charge on any atom is 0.338 e. The number of aromatic nitrogens is 2. The highest BCUT2D eigenvalue weighted by molar-refractivity contribution is 7.98. The van der Waals surface area contributed by atoms with Crippen LogP contribution in [0.25, 0.3) is 21.3 Å². The number of ether oxygens (including phenoxy) is 1. The van der Waals surface area contributed by atoms with Gasteiger partial charge in [-0.15, -0.1) is 17.9 Å². The van der Waals surface area contributed by atoms with Gasteiger partial charge in [0, 0.05) is 23.2 Å². The fourth-order valence-electron chi connectivity index (χ4n) is 3.51. The van der Waals surface area contributed by atoms with Crippen molar-refractivity contribution in [2.75, 3.05) is 6.61 Å². The van der Waals surface area contributed by atoms with E-state index in [1.165, 1.54) is 28.7 Å². The smallest absolute Gasteiger partial charge is 0.338 e. The van der Waals surface area contributed by atoms with Crippen LogP contribution in [0.2, 0.25) is 0 Å². The Morgan fingerprint density at radius 1 is 1.18 bits per heavy atom. The van der Waals surface area contributed by atoms with Crippen LogP contribution in [0.3, 0.4) is 0 Å². The van der Waals surface area contributed by atoms with Gasteiger partial charge in [-0.1, -0.05) is 66.7 Å². The van der Waals surface area contributed by atoms with Crippen molar-refractivity contribution in [2.24, 2.45) is 0 Å². The molecular weight excluding hydrogens is 464 g/mol. The lowest BCUT2D eigenvalue weighted by molar-refractivity contribution is 0.0505. The summed E-state index contributed by atoms with van der Waals surface area (Å²) >= 11 is 2.99. The van der Waals surface area contributed by atoms with Crippen LogP contribution in [0.5, 0.6) is 0 Å². The molecule has 174 valence electrons. The Morgan fingerprint density at radius 2 is 1.91 bits per heavy atom. The summed E-state index contributed by atoms with van der Waals surface area (Å²) in [6.45, 7) is 8.63. The van der Waals surface area contributed by atoms with Gasteiger partial charge in [-0.2, -0.15) is 0 Å². The van der Waals surface area contributed by atoms with Gasteiger partial charge in [0.05, 0.1) is 17.6 Å². The summed E-state index contributed by atoms with van der Waals surface area (Å²) in [5.41, 5.74) is 4.61. The Morgan fingerprint density at radius 3 is 2.59 bits per heavy atom. The van der Waals surface area contributed by atoms with Gasteiger partial charge in [0.2, 0.25) is 0 Å². The maximum absolute atomic E-state index is 13.5. The number of thioether (sulfide) groups is 1. The third-order valence-electron chi connectivity index (χ3n) is 5.33. The zero-order valence-corrected chi connectivity index (χ0v) is 20.9. The second-order valence-electron chi connectivity index (χ2n) is 7.92. The lowest BCUT2D eigenvalue weighted by Gasteiger charge is -2.11. The molecule has 0 N–H and O–H groups in total. The van der Waals surface area contributed by atoms with Crippen molar-refractivity contribution in [3.8, 4) is 11.1 Å². The summed E-state index contributed by atoms with van der Waals surface area (Å²) in [6.07, 6.45) is 2.51. The van der Waals surface area contributed by atoms with Crippen molar-refractivity contribution >= 4 is 39.3 Å². The SMILES string of the molecule is C=CCn1c(SCc2ccc(C(=O)OCCC)cc2)nc2scc(-c3ccc(C)cc3)c2c1=O. The van der Waals surface area contributed by atoms with E-state index in [4.69, 9.17) is 9.72 Å². The van der Waals surface area contributed by atoms with Crippen molar-refractivity contribution in [3.05, 3.63) is 93.6 Å². The van der Waals surface area contributed by atoms with Crippen LogP contribution in [0.1, 0.15) is 34.8 Å². The minimum Gasteiger partial charge on any atom is -0.462 e. The Kier molecular flexibility index (Phi) is 7.65. The minimum absolute atomic E-state index is 0.0572. The largest absolute Gasteiger partial charge is 0.462 e. The number of allylic oxidation sites excluding steroid dienone is 1. The molecule has 0 aliphatic heterocycles. The van der Waals surface area contributed by atoms with Crippen LogP contribution < -0.4 is 5.56 Å². The third-order valence-corrected chi connectivity index (χ3v) is 7.25. The number of carbonyl (C=O) groups excluding carboxylic acids is 1. The molecule has 7 heteroatoms. The molecule has 0 spiro atoms. The molecule has 0 bridgehead atoms. The molecule has 0 unspecified atom stereocenters. The molecule has 0 aliphatic rings. The first-order valence-corrected chi connectivity index (χ1v) is 13.0. The first-order valence-electron chi connectivity index (χ1n) is 11.1. The van der Waals surface area contributed by atoms with Gasteiger partial charge in [0.25, 0.3) is 5.56 Å². The fraction of sp³-hybridized carbons (Fsp3) is 0.222. The van der Waals surface area contributed by atoms with Crippen molar-refractivity contribution in [1.29, 1.82) is 0 Å². The molecule has 0 atom stereocenters. The predicted octanol–water partition coefficient (Wildman–Crippen LogP) is 6.48. The van der Waals surface area contributed by atoms with Crippen molar-refractivity contribution in [2.45, 2.75) is 37.7 Å². The van der Waals surface area contributed by atoms with Gasteiger partial charge in [0.15, 0.2) is 5.16 Å². The van der Waals surface area contributed by atoms with E-state index in [2.05, 4.69) is 6.58 Å². The van der Waals surface area contributed by atoms with E-state index < -0.39 is 0 Å². The zero-order chi connectivity index (χ0) is 24.1. The van der Waals surface area contributed by atoms with Crippen molar-refractivity contribution in [1.82, 2.24) is 9.55 Å². The molecule has 0 saturated heterocycles. The number of aryl methyl sites for hydroxylation is 1. The van der Waals surface area contributed by atoms with E-state index in [0.29, 0.717) is 35.0 Å². The van der Waals surface area contributed by atoms with Gasteiger partial charge in [-0.05, 0) is 36.6 Å². The molecule has 4 rings (SSSR count). The standard InChI is InChI=1S/C27H26N2O3S2/c1-4-14-29-25(30)23-22(20-10-6-18(3)7-11-20)17-33-24(23)28-27(29)34-16-19-8-12-21(13-9-19)26(31)32-15-5-2/h4,6-13,17H,1,5,14-16H2,2-3H3. The maximum atomic E-state index is 13.5. The molecule has 0 saturated carbocycles. The van der Waals surface area contributed by atoms with E-state index in [1.807, 2.05) is 55.6 Å². The number of esters is 1. The van der Waals surface area contributed by atoms with Gasteiger partial charge >= 0.3 is 5.97 Å². The monoisotopic (exact) mass is 490 g/mol. The van der Waals surface area contributed by atoms with Crippen LogP contribution in [-0.4, -0.2) is 22.1 Å². The summed E-state index contributed by atoms with van der Waals surface area (Å²) in [7, 11) is 0. The molecule has 2 aromatic carbocycles. The quantitative estimate of drug-likeness (QED) is 0.116. The van der Waals surface area contributed by atoms with E-state index in [9.17, 15) is 9.59 Å². The van der Waals surface area contributed by atoms with Crippen LogP contribution >= 0.6 is 23.1 Å². The molecule has 0 radical (unpaired) electrons. The predicted molar refractivity (Wildman–Crippen MR) is 141 cm³/mol. The van der Waals surface area contributed by atoms with Gasteiger partial charge in [0.1, 0.15) is 4.83 Å². The molecule has 34 heavy (non-hydrogen) atoms. The van der Waals surface area contributed by atoms with Crippen molar-refractivity contribution in [3.63, 3.8) is 0 Å². The lowest BCUT2D eigenvalue weighted by atomic mass is 10.1. The number of hydrogen-bond donors (Lipinski definition) is 0. The molecule has 0 amide bonds. The highest BCUT2D eigenvalue weighted by Gasteiger charge is 2.17. The Hall–Kier alpha value is -3.16. The van der Waals surface area contributed by atoms with E-state index in [1.54, 1.807) is 22.8 Å². The summed E-state index contributed by atoms with van der Waals surface area (Å²) in [5, 5.41) is 3.31. The van der Waals surface area contributed by atoms with Gasteiger partial charge < -0.3 is 4.74 Å². The number of nitrogens with zero attached hydrogens (tertiary/aromatic N) is 2. The van der Waals surface area contributed by atoms with Crippen LogP contribution in [0, 0.1) is 6.92 Å². The first kappa shape index (κ1) is 24.0. The van der Waals surface area contributed by atoms with Gasteiger partial charge in [-0.25, -0.2) is 9.78 Å². The van der Waals surface area contributed by atoms with E-state index in [-0.39, 0.29) is 11.5 Å². The average molecular weight is 491 g/mol. The molecule has 0 fully saturated rings. The molecule has 0 aliphatic carbocycles. The topological polar surface area (TPSA) is 61.2 Å². The van der Waals surface area contributed by atoms with Crippen molar-refractivity contribution < 1.29 is 9.53 Å². The second-order valence-corrected chi connectivity index (χ2v) is 9.72. The van der Waals surface area contributed by atoms with E-state index in [0.717, 1.165) is 27.9 Å². The summed E-state index contributed by atoms with van der Waals surface area (Å²) in [4.78, 5) is 31.1. The number of carbonyl (C=O) groups is 1. The number of benzene rings is 2. The number of hydrogen-bond acceptors (Lipinski definition) is 6. The lowest BCUT2D eigenvalue weighted by Crippen LogP contribution is -2.22. The third kappa shape index (κ3) is 5.16. The number of fused-ring (bicyclic) bond motifs is 1. The minimum atomic E-state index is -0.310. The highest BCUT2D eigenvalue weighted by atomic mass is 32.2. The van der Waals surface area contributed by atoms with Crippen LogP contribution in [0.4, 0.5) is 0 Å². The van der Waals surface area contributed by atoms with Gasteiger partial charge in [-0.3, -0.25) is 9.36 Å². The second kappa shape index (κ2) is 10.8. The normalized spacial score (nSPS) is 11.0. The van der Waals surface area contributed by atoms with Crippen LogP contribution in [0.15, 0.2) is 76.5 Å². The molecule has 4 aromatic rings. The average Bonchev–Trinajstić information content (AvgIpc) is 3.28. The number of rotatable bonds is 9. The van der Waals surface area contributed by atoms with Crippen LogP contribution in [-0.2, 0) is 17.0 Å². The Bertz CT molecular complexity index is 1370. The fourth-order valence-corrected chi connectivity index (χ4v) is 5.47.